The van der Waals surface area contributed by atoms with Crippen LogP contribution in [0.3, 0.4) is 0 Å². The zero-order chi connectivity index (χ0) is 24.7. The van der Waals surface area contributed by atoms with Gasteiger partial charge in [0.25, 0.3) is 11.8 Å². The van der Waals surface area contributed by atoms with Crippen LogP contribution in [0.4, 0.5) is 0 Å². The van der Waals surface area contributed by atoms with Gasteiger partial charge < -0.3 is 15.0 Å². The number of likely N-dealkylation sites (N-methyl/N-ethyl adjacent to an activating group) is 1. The molecule has 0 saturated carbocycles. The van der Waals surface area contributed by atoms with Gasteiger partial charge in [0, 0.05) is 64.9 Å². The van der Waals surface area contributed by atoms with Crippen LogP contribution in [-0.4, -0.2) is 86.5 Å². The van der Waals surface area contributed by atoms with Crippen LogP contribution < -0.4 is 10.1 Å². The third kappa shape index (κ3) is 9.78. The minimum Gasteiger partial charge on any atom is -0.483 e. The second kappa shape index (κ2) is 15.7. The lowest BCUT2D eigenvalue weighted by Gasteiger charge is -2.34. The van der Waals surface area contributed by atoms with E-state index in [1.54, 1.807) is 32.3 Å². The van der Waals surface area contributed by atoms with Gasteiger partial charge in [0.1, 0.15) is 5.75 Å². The number of nitrogens with one attached hydrogen (secondary N) is 1. The molecule has 0 radical (unpaired) electrons. The highest BCUT2D eigenvalue weighted by atomic mass is 35.5. The van der Waals surface area contributed by atoms with Gasteiger partial charge in [-0.25, -0.2) is 0 Å². The highest BCUT2D eigenvalue weighted by Crippen LogP contribution is 2.24. The molecule has 0 atom stereocenters. The number of piperazine rings is 1. The molecular weight excluding hydrogens is 570 g/mol. The van der Waals surface area contributed by atoms with Crippen molar-refractivity contribution in [1.29, 1.82) is 0 Å². The number of nitrogens with zero attached hydrogens (tertiary/aromatic N) is 3. The lowest BCUT2D eigenvalue weighted by atomic mass is 10.2. The van der Waals surface area contributed by atoms with Crippen LogP contribution in [0.25, 0.3) is 0 Å². The molecule has 7 nitrogen and oxygen atoms in total. The van der Waals surface area contributed by atoms with E-state index in [9.17, 15) is 9.59 Å². The zero-order valence-corrected chi connectivity index (χ0v) is 24.0. The molecule has 0 spiro atoms. The molecule has 200 valence electrons. The zero-order valence-electron chi connectivity index (χ0n) is 20.1. The monoisotopic (exact) mass is 598 g/mol. The molecule has 2 amide bonds. The Morgan fingerprint density at radius 2 is 1.61 bits per heavy atom. The summed E-state index contributed by atoms with van der Waals surface area (Å²) < 4.78 is 5.56. The predicted molar refractivity (Wildman–Crippen MR) is 151 cm³/mol. The standard InChI is InChI=1S/C24H29Cl3N4O3.2ClH/c1-29(2)23(32)16-34-22-14-18(25)4-5-19(22)24(33)28-7-8-30-9-11-31(12-10-30)15-17-3-6-20(26)21(27)13-17;;/h3-6,13-14H,7-12,15-16H2,1-2H3,(H,28,33);2*1H. The number of halogens is 5. The Kier molecular flexibility index (Phi) is 14.2. The molecule has 0 aliphatic carbocycles. The van der Waals surface area contributed by atoms with Gasteiger partial charge in [-0.2, -0.15) is 0 Å². The molecule has 1 aliphatic rings. The maximum absolute atomic E-state index is 12.7. The number of ether oxygens (including phenoxy) is 1. The number of carbonyl (C=O) groups is 2. The van der Waals surface area contributed by atoms with Crippen molar-refractivity contribution in [3.05, 3.63) is 62.6 Å². The molecule has 12 heteroatoms. The van der Waals surface area contributed by atoms with Crippen LogP contribution in [0.2, 0.25) is 15.1 Å². The number of hydrogen-bond acceptors (Lipinski definition) is 5. The first-order chi connectivity index (χ1) is 16.2. The summed E-state index contributed by atoms with van der Waals surface area (Å²) in [6.45, 7) is 5.61. The van der Waals surface area contributed by atoms with Crippen molar-refractivity contribution in [2.24, 2.45) is 0 Å². The molecule has 1 N–H and O–H groups in total. The van der Waals surface area contributed by atoms with Crippen LogP contribution in [0.5, 0.6) is 5.75 Å². The number of benzene rings is 2. The lowest BCUT2D eigenvalue weighted by molar-refractivity contribution is -0.130. The number of rotatable bonds is 9. The van der Waals surface area contributed by atoms with Crippen LogP contribution in [0, 0.1) is 0 Å². The first kappa shape index (κ1) is 32.6. The fourth-order valence-electron chi connectivity index (χ4n) is 3.56. The van der Waals surface area contributed by atoms with Gasteiger partial charge in [0.05, 0.1) is 15.6 Å². The molecule has 1 saturated heterocycles. The van der Waals surface area contributed by atoms with Crippen LogP contribution in [0.1, 0.15) is 15.9 Å². The summed E-state index contributed by atoms with van der Waals surface area (Å²) in [5.41, 5.74) is 1.49. The molecule has 2 aromatic rings. The predicted octanol–water partition coefficient (Wildman–Crippen LogP) is 4.51. The average Bonchev–Trinajstić information content (AvgIpc) is 2.81. The summed E-state index contributed by atoms with van der Waals surface area (Å²) in [6.07, 6.45) is 0. The van der Waals surface area contributed by atoms with Crippen molar-refractivity contribution in [2.75, 3.05) is 60.0 Å². The van der Waals surface area contributed by atoms with Gasteiger partial charge in [-0.05, 0) is 35.9 Å². The Morgan fingerprint density at radius 3 is 2.25 bits per heavy atom. The summed E-state index contributed by atoms with van der Waals surface area (Å²) in [5.74, 6) is -0.178. The maximum Gasteiger partial charge on any atom is 0.259 e. The molecule has 1 fully saturated rings. The fourth-order valence-corrected chi connectivity index (χ4v) is 4.04. The minimum absolute atomic E-state index is 0. The summed E-state index contributed by atoms with van der Waals surface area (Å²) in [5, 5.41) is 4.51. The van der Waals surface area contributed by atoms with Gasteiger partial charge in [0.2, 0.25) is 0 Å². The Hall–Kier alpha value is -1.45. The van der Waals surface area contributed by atoms with Crippen LogP contribution in [-0.2, 0) is 11.3 Å². The van der Waals surface area contributed by atoms with Crippen molar-refractivity contribution in [3.8, 4) is 5.75 Å². The summed E-state index contributed by atoms with van der Waals surface area (Å²) in [6, 6.07) is 10.5. The van der Waals surface area contributed by atoms with Gasteiger partial charge in [-0.1, -0.05) is 40.9 Å². The smallest absolute Gasteiger partial charge is 0.259 e. The normalized spacial score (nSPS) is 13.8. The van der Waals surface area contributed by atoms with Gasteiger partial charge in [-0.15, -0.1) is 24.8 Å². The minimum atomic E-state index is -0.262. The van der Waals surface area contributed by atoms with Crippen molar-refractivity contribution in [3.63, 3.8) is 0 Å². The summed E-state index contributed by atoms with van der Waals surface area (Å²) in [7, 11) is 3.29. The second-order valence-electron chi connectivity index (χ2n) is 8.34. The van der Waals surface area contributed by atoms with Crippen molar-refractivity contribution < 1.29 is 14.3 Å². The summed E-state index contributed by atoms with van der Waals surface area (Å²) >= 11 is 18.2. The van der Waals surface area contributed by atoms with E-state index in [4.69, 9.17) is 39.5 Å². The van der Waals surface area contributed by atoms with E-state index >= 15 is 0 Å². The first-order valence-corrected chi connectivity index (χ1v) is 12.2. The molecule has 0 unspecified atom stereocenters. The number of amides is 2. The van der Waals surface area contributed by atoms with E-state index < -0.39 is 0 Å². The number of hydrogen-bond donors (Lipinski definition) is 1. The maximum atomic E-state index is 12.7. The Labute approximate surface area is 239 Å². The van der Waals surface area contributed by atoms with Crippen LogP contribution in [0.15, 0.2) is 36.4 Å². The second-order valence-corrected chi connectivity index (χ2v) is 9.59. The topological polar surface area (TPSA) is 65.1 Å². The third-order valence-electron chi connectivity index (χ3n) is 5.61. The Bertz CT molecular complexity index is 1020. The number of carbonyl (C=O) groups excluding carboxylic acids is 2. The average molecular weight is 601 g/mol. The van der Waals surface area contributed by atoms with E-state index in [1.807, 2.05) is 18.2 Å². The van der Waals surface area contributed by atoms with Gasteiger partial charge >= 0.3 is 0 Å². The molecule has 3 rings (SSSR count). The molecule has 2 aromatic carbocycles. The van der Waals surface area contributed by atoms with Crippen LogP contribution >= 0.6 is 59.6 Å². The Balaban J connectivity index is 0.00000324. The summed E-state index contributed by atoms with van der Waals surface area (Å²) in [4.78, 5) is 30.7. The van der Waals surface area contributed by atoms with E-state index in [0.717, 1.165) is 44.8 Å². The third-order valence-corrected chi connectivity index (χ3v) is 6.58. The SMILES string of the molecule is CN(C)C(=O)COc1cc(Cl)ccc1C(=O)NCCN1CCN(Cc2ccc(Cl)c(Cl)c2)CC1.Cl.Cl. The molecule has 0 bridgehead atoms. The van der Waals surface area contributed by atoms with E-state index in [1.165, 1.54) is 4.90 Å². The highest BCUT2D eigenvalue weighted by molar-refractivity contribution is 6.42. The van der Waals surface area contributed by atoms with Gasteiger partial charge in [0.15, 0.2) is 6.61 Å². The lowest BCUT2D eigenvalue weighted by Crippen LogP contribution is -2.48. The van der Waals surface area contributed by atoms with Crippen molar-refractivity contribution in [1.82, 2.24) is 20.0 Å². The molecule has 0 aromatic heterocycles. The van der Waals surface area contributed by atoms with Gasteiger partial charge in [-0.3, -0.25) is 19.4 Å². The fraction of sp³-hybridized carbons (Fsp3) is 0.417. The Morgan fingerprint density at radius 1 is 0.944 bits per heavy atom. The largest absolute Gasteiger partial charge is 0.483 e. The van der Waals surface area contributed by atoms with E-state index in [-0.39, 0.29) is 49.0 Å². The van der Waals surface area contributed by atoms with E-state index in [2.05, 4.69) is 15.1 Å². The first-order valence-electron chi connectivity index (χ1n) is 11.0. The molecule has 1 heterocycles. The van der Waals surface area contributed by atoms with E-state index in [0.29, 0.717) is 27.2 Å². The van der Waals surface area contributed by atoms with Crippen molar-refractivity contribution >= 4 is 71.4 Å². The van der Waals surface area contributed by atoms with Crippen molar-refractivity contribution in [2.45, 2.75) is 6.54 Å². The molecule has 36 heavy (non-hydrogen) atoms. The highest BCUT2D eigenvalue weighted by Gasteiger charge is 2.19. The quantitative estimate of drug-likeness (QED) is 0.459. The molecule has 1 aliphatic heterocycles. The molecular formula is C24H31Cl5N4O3.